The molecule has 3 rings (SSSR count). The number of fused-ring (bicyclic) bond motifs is 1. The van der Waals surface area contributed by atoms with Crippen LogP contribution in [0.1, 0.15) is 11.1 Å². The van der Waals surface area contributed by atoms with Crippen LogP contribution in [0.4, 0.5) is 10.1 Å². The summed E-state index contributed by atoms with van der Waals surface area (Å²) in [5.41, 5.74) is 8.78. The van der Waals surface area contributed by atoms with Crippen molar-refractivity contribution >= 4 is 17.4 Å². The standard InChI is InChI=1S/C16H16FNOS/c1-10-14(18)3-2-4-16(10)20-9-13-8-11-7-12(17)5-6-15(11)19-13/h2-7,13H,8-9,18H2,1H3. The fraction of sp³-hybridized carbons (Fsp3) is 0.250. The first-order valence-corrected chi connectivity index (χ1v) is 7.55. The van der Waals surface area contributed by atoms with Gasteiger partial charge in [0.15, 0.2) is 0 Å². The zero-order chi connectivity index (χ0) is 14.1. The van der Waals surface area contributed by atoms with Crippen molar-refractivity contribution in [2.24, 2.45) is 0 Å². The lowest BCUT2D eigenvalue weighted by atomic mass is 10.1. The third-order valence-electron chi connectivity index (χ3n) is 3.51. The molecule has 2 aromatic carbocycles. The predicted octanol–water partition coefficient (Wildman–Crippen LogP) is 3.81. The predicted molar refractivity (Wildman–Crippen MR) is 80.8 cm³/mol. The Morgan fingerprint density at radius 1 is 1.35 bits per heavy atom. The Morgan fingerprint density at radius 3 is 3.05 bits per heavy atom. The minimum absolute atomic E-state index is 0.0950. The second-order valence-corrected chi connectivity index (χ2v) is 6.04. The van der Waals surface area contributed by atoms with Crippen LogP contribution in [0, 0.1) is 12.7 Å². The fourth-order valence-corrected chi connectivity index (χ4v) is 3.41. The normalized spacial score (nSPS) is 16.8. The molecule has 0 fully saturated rings. The van der Waals surface area contributed by atoms with Crippen LogP contribution in [0.15, 0.2) is 41.3 Å². The molecule has 2 nitrogen and oxygen atoms in total. The van der Waals surface area contributed by atoms with Crippen LogP contribution >= 0.6 is 11.8 Å². The van der Waals surface area contributed by atoms with Gasteiger partial charge in [-0.15, -0.1) is 11.8 Å². The highest BCUT2D eigenvalue weighted by Crippen LogP contribution is 2.33. The third kappa shape index (κ3) is 2.61. The van der Waals surface area contributed by atoms with Gasteiger partial charge in [-0.05, 0) is 42.8 Å². The first kappa shape index (κ1) is 13.3. The molecule has 0 saturated carbocycles. The van der Waals surface area contributed by atoms with Crippen molar-refractivity contribution in [2.45, 2.75) is 24.3 Å². The maximum atomic E-state index is 13.2. The van der Waals surface area contributed by atoms with Gasteiger partial charge in [0, 0.05) is 28.3 Å². The van der Waals surface area contributed by atoms with E-state index in [0.717, 1.165) is 34.7 Å². The van der Waals surface area contributed by atoms with Gasteiger partial charge in [-0.2, -0.15) is 0 Å². The second-order valence-electron chi connectivity index (χ2n) is 4.98. The molecule has 0 amide bonds. The Labute approximate surface area is 122 Å². The number of ether oxygens (including phenoxy) is 1. The van der Waals surface area contributed by atoms with E-state index < -0.39 is 0 Å². The van der Waals surface area contributed by atoms with Crippen molar-refractivity contribution < 1.29 is 9.13 Å². The highest BCUT2D eigenvalue weighted by Gasteiger charge is 2.23. The topological polar surface area (TPSA) is 35.2 Å². The van der Waals surface area contributed by atoms with Gasteiger partial charge in [0.1, 0.15) is 17.7 Å². The summed E-state index contributed by atoms with van der Waals surface area (Å²) < 4.78 is 19.0. The summed E-state index contributed by atoms with van der Waals surface area (Å²) in [4.78, 5) is 1.18. The van der Waals surface area contributed by atoms with Gasteiger partial charge >= 0.3 is 0 Å². The van der Waals surface area contributed by atoms with E-state index in [-0.39, 0.29) is 11.9 Å². The van der Waals surface area contributed by atoms with Crippen LogP contribution in [-0.4, -0.2) is 11.9 Å². The maximum Gasteiger partial charge on any atom is 0.123 e. The molecule has 104 valence electrons. The van der Waals surface area contributed by atoms with Crippen molar-refractivity contribution in [3.63, 3.8) is 0 Å². The summed E-state index contributed by atoms with van der Waals surface area (Å²) in [6.07, 6.45) is 0.860. The molecular formula is C16H16FNOS. The summed E-state index contributed by atoms with van der Waals surface area (Å²) in [6.45, 7) is 2.03. The smallest absolute Gasteiger partial charge is 0.123 e. The number of nitrogens with two attached hydrogens (primary N) is 1. The Hall–Kier alpha value is -1.68. The zero-order valence-electron chi connectivity index (χ0n) is 11.2. The van der Waals surface area contributed by atoms with Crippen molar-refractivity contribution in [3.05, 3.63) is 53.3 Å². The Bertz CT molecular complexity index is 644. The molecule has 0 aliphatic carbocycles. The van der Waals surface area contributed by atoms with E-state index in [1.165, 1.54) is 11.0 Å². The van der Waals surface area contributed by atoms with Crippen LogP contribution in [-0.2, 0) is 6.42 Å². The molecule has 2 aromatic rings. The first-order chi connectivity index (χ1) is 9.63. The van der Waals surface area contributed by atoms with E-state index in [9.17, 15) is 4.39 Å². The summed E-state index contributed by atoms with van der Waals surface area (Å²) in [6, 6.07) is 10.6. The van der Waals surface area contributed by atoms with E-state index in [1.807, 2.05) is 19.1 Å². The molecule has 1 atom stereocenters. The molecule has 20 heavy (non-hydrogen) atoms. The molecule has 1 unspecified atom stereocenters. The van der Waals surface area contributed by atoms with E-state index in [2.05, 4.69) is 6.07 Å². The van der Waals surface area contributed by atoms with Crippen LogP contribution < -0.4 is 10.5 Å². The minimum Gasteiger partial charge on any atom is -0.489 e. The Balaban J connectivity index is 1.65. The number of hydrogen-bond acceptors (Lipinski definition) is 3. The van der Waals surface area contributed by atoms with E-state index >= 15 is 0 Å². The summed E-state index contributed by atoms with van der Waals surface area (Å²) >= 11 is 1.73. The van der Waals surface area contributed by atoms with Crippen molar-refractivity contribution in [1.29, 1.82) is 0 Å². The number of benzene rings is 2. The van der Waals surface area contributed by atoms with Gasteiger partial charge < -0.3 is 10.5 Å². The van der Waals surface area contributed by atoms with Gasteiger partial charge in [-0.25, -0.2) is 4.39 Å². The van der Waals surface area contributed by atoms with Gasteiger partial charge in [0.05, 0.1) is 0 Å². The molecule has 2 N–H and O–H groups in total. The van der Waals surface area contributed by atoms with Gasteiger partial charge in [0.2, 0.25) is 0 Å². The van der Waals surface area contributed by atoms with Gasteiger partial charge in [0.25, 0.3) is 0 Å². The fourth-order valence-electron chi connectivity index (χ4n) is 2.35. The number of halogens is 1. The lowest BCUT2D eigenvalue weighted by Gasteiger charge is -2.12. The highest BCUT2D eigenvalue weighted by molar-refractivity contribution is 7.99. The zero-order valence-corrected chi connectivity index (χ0v) is 12.0. The molecule has 4 heteroatoms. The average Bonchev–Trinajstić information content (AvgIpc) is 2.82. The molecule has 0 bridgehead atoms. The SMILES string of the molecule is Cc1c(N)cccc1SCC1Cc2cc(F)ccc2O1. The molecule has 0 aromatic heterocycles. The second kappa shape index (κ2) is 5.37. The summed E-state index contributed by atoms with van der Waals surface area (Å²) in [7, 11) is 0. The molecule has 0 spiro atoms. The Kier molecular flexibility index (Phi) is 3.57. The number of anilines is 1. The van der Waals surface area contributed by atoms with Crippen LogP contribution in [0.5, 0.6) is 5.75 Å². The minimum atomic E-state index is -0.202. The number of rotatable bonds is 3. The van der Waals surface area contributed by atoms with E-state index in [4.69, 9.17) is 10.5 Å². The monoisotopic (exact) mass is 289 g/mol. The first-order valence-electron chi connectivity index (χ1n) is 6.56. The van der Waals surface area contributed by atoms with Crippen molar-refractivity contribution in [2.75, 3.05) is 11.5 Å². The average molecular weight is 289 g/mol. The maximum absolute atomic E-state index is 13.2. The molecule has 1 aliphatic rings. The Morgan fingerprint density at radius 2 is 2.20 bits per heavy atom. The number of hydrogen-bond donors (Lipinski definition) is 1. The van der Waals surface area contributed by atoms with E-state index in [1.54, 1.807) is 23.9 Å². The largest absolute Gasteiger partial charge is 0.489 e. The molecule has 0 saturated heterocycles. The quantitative estimate of drug-likeness (QED) is 0.689. The third-order valence-corrected chi connectivity index (χ3v) is 4.81. The molecular weight excluding hydrogens is 273 g/mol. The summed E-state index contributed by atoms with van der Waals surface area (Å²) in [5, 5.41) is 0. The highest BCUT2D eigenvalue weighted by atomic mass is 32.2. The lowest BCUT2D eigenvalue weighted by Crippen LogP contribution is -2.15. The van der Waals surface area contributed by atoms with Gasteiger partial charge in [-0.1, -0.05) is 6.07 Å². The number of thioether (sulfide) groups is 1. The molecule has 1 heterocycles. The lowest BCUT2D eigenvalue weighted by molar-refractivity contribution is 0.259. The van der Waals surface area contributed by atoms with Crippen LogP contribution in [0.25, 0.3) is 0 Å². The van der Waals surface area contributed by atoms with Gasteiger partial charge in [-0.3, -0.25) is 0 Å². The molecule has 1 aliphatic heterocycles. The number of nitrogen functional groups attached to an aromatic ring is 1. The van der Waals surface area contributed by atoms with Crippen LogP contribution in [0.3, 0.4) is 0 Å². The van der Waals surface area contributed by atoms with Crippen molar-refractivity contribution in [1.82, 2.24) is 0 Å². The van der Waals surface area contributed by atoms with Crippen LogP contribution in [0.2, 0.25) is 0 Å². The molecule has 0 radical (unpaired) electrons. The van der Waals surface area contributed by atoms with Crippen molar-refractivity contribution in [3.8, 4) is 5.75 Å². The summed E-state index contributed by atoms with van der Waals surface area (Å²) in [5.74, 6) is 1.44. The van der Waals surface area contributed by atoms with E-state index in [0.29, 0.717) is 0 Å².